The van der Waals surface area contributed by atoms with Gasteiger partial charge in [-0.15, -0.1) is 0 Å². The molecular formula is C36H36F3N5O2. The van der Waals surface area contributed by atoms with Gasteiger partial charge in [-0.3, -0.25) is 19.6 Å². The van der Waals surface area contributed by atoms with E-state index in [1.165, 1.54) is 18.2 Å². The van der Waals surface area contributed by atoms with Crippen LogP contribution in [-0.4, -0.2) is 75.8 Å². The Morgan fingerprint density at radius 1 is 0.935 bits per heavy atom. The summed E-state index contributed by atoms with van der Waals surface area (Å²) in [6.45, 7) is 1.29. The van der Waals surface area contributed by atoms with Gasteiger partial charge in [0.05, 0.1) is 5.69 Å². The van der Waals surface area contributed by atoms with Gasteiger partial charge >= 0.3 is 6.18 Å². The maximum atomic E-state index is 14.3. The predicted octanol–water partition coefficient (Wildman–Crippen LogP) is 5.98. The van der Waals surface area contributed by atoms with Crippen LogP contribution in [0.2, 0.25) is 0 Å². The lowest BCUT2D eigenvalue weighted by Gasteiger charge is -2.33. The van der Waals surface area contributed by atoms with E-state index in [4.69, 9.17) is 0 Å². The zero-order chi connectivity index (χ0) is 32.7. The molecule has 1 saturated heterocycles. The SMILES string of the molecule is CN(C)[C@H]1CCN(C(=O)[C@H](Cc2ccccc2)N(Cc2ccc(-c3ccccn3)cc2)C(=O)/C=C/c2ccc(C(F)(F)F)nc2)C1. The average Bonchev–Trinajstić information content (AvgIpc) is 3.57. The second kappa shape index (κ2) is 14.5. The number of amides is 2. The van der Waals surface area contributed by atoms with Crippen LogP contribution in [0.1, 0.15) is 28.8 Å². The van der Waals surface area contributed by atoms with Crippen LogP contribution in [0.5, 0.6) is 0 Å². The monoisotopic (exact) mass is 627 g/mol. The normalized spacial score (nSPS) is 15.8. The Labute approximate surface area is 267 Å². The van der Waals surface area contributed by atoms with Gasteiger partial charge in [-0.2, -0.15) is 13.2 Å². The first kappa shape index (κ1) is 32.6. The third-order valence-corrected chi connectivity index (χ3v) is 8.18. The minimum Gasteiger partial charge on any atom is -0.339 e. The Hall–Kier alpha value is -4.83. The van der Waals surface area contributed by atoms with Gasteiger partial charge in [0.15, 0.2) is 0 Å². The molecule has 1 aliphatic rings. The second-order valence-electron chi connectivity index (χ2n) is 11.6. The molecule has 0 radical (unpaired) electrons. The lowest BCUT2D eigenvalue weighted by molar-refractivity contribution is -0.143. The molecule has 2 aromatic heterocycles. The van der Waals surface area contributed by atoms with Gasteiger partial charge in [0, 0.05) is 56.1 Å². The van der Waals surface area contributed by atoms with Crippen molar-refractivity contribution in [1.29, 1.82) is 0 Å². The van der Waals surface area contributed by atoms with Crippen LogP contribution in [0.25, 0.3) is 17.3 Å². The first-order chi connectivity index (χ1) is 22.1. The second-order valence-corrected chi connectivity index (χ2v) is 11.6. The van der Waals surface area contributed by atoms with E-state index in [2.05, 4.69) is 14.9 Å². The number of carbonyl (C=O) groups is 2. The van der Waals surface area contributed by atoms with Crippen molar-refractivity contribution in [3.8, 4) is 11.3 Å². The molecule has 1 fully saturated rings. The number of pyridine rings is 2. The number of rotatable bonds is 10. The number of nitrogens with zero attached hydrogens (tertiary/aromatic N) is 5. The third kappa shape index (κ3) is 8.25. The molecule has 0 unspecified atom stereocenters. The summed E-state index contributed by atoms with van der Waals surface area (Å²) in [5, 5.41) is 0. The topological polar surface area (TPSA) is 69.6 Å². The van der Waals surface area contributed by atoms with E-state index in [0.29, 0.717) is 25.1 Å². The van der Waals surface area contributed by atoms with E-state index in [1.54, 1.807) is 11.1 Å². The number of likely N-dealkylation sites (N-methyl/N-ethyl adjacent to an activating group) is 1. The Balaban J connectivity index is 1.47. The van der Waals surface area contributed by atoms with Crippen LogP contribution in [0, 0.1) is 0 Å². The van der Waals surface area contributed by atoms with Gasteiger partial charge in [0.2, 0.25) is 11.8 Å². The van der Waals surface area contributed by atoms with Crippen molar-refractivity contribution in [1.82, 2.24) is 24.7 Å². The summed E-state index contributed by atoms with van der Waals surface area (Å²) in [5.41, 5.74) is 2.78. The van der Waals surface area contributed by atoms with E-state index in [-0.39, 0.29) is 18.5 Å². The molecule has 1 aliphatic heterocycles. The summed E-state index contributed by atoms with van der Waals surface area (Å²) >= 11 is 0. The molecular weight excluding hydrogens is 591 g/mol. The van der Waals surface area contributed by atoms with Crippen molar-refractivity contribution in [3.63, 3.8) is 0 Å². The summed E-state index contributed by atoms with van der Waals surface area (Å²) in [4.78, 5) is 41.7. The van der Waals surface area contributed by atoms with E-state index in [0.717, 1.165) is 41.1 Å². The number of carbonyl (C=O) groups excluding carboxylic acids is 2. The zero-order valence-electron chi connectivity index (χ0n) is 25.8. The maximum absolute atomic E-state index is 14.3. The molecule has 0 aliphatic carbocycles. The Morgan fingerprint density at radius 3 is 2.28 bits per heavy atom. The first-order valence-corrected chi connectivity index (χ1v) is 15.1. The molecule has 0 saturated carbocycles. The number of hydrogen-bond acceptors (Lipinski definition) is 5. The summed E-state index contributed by atoms with van der Waals surface area (Å²) in [7, 11) is 3.98. The zero-order valence-corrected chi connectivity index (χ0v) is 25.8. The van der Waals surface area contributed by atoms with Crippen LogP contribution in [0.15, 0.2) is 103 Å². The molecule has 4 aromatic rings. The molecule has 46 heavy (non-hydrogen) atoms. The summed E-state index contributed by atoms with van der Waals surface area (Å²) < 4.78 is 39.1. The smallest absolute Gasteiger partial charge is 0.339 e. The quantitative estimate of drug-likeness (QED) is 0.203. The van der Waals surface area contributed by atoms with Crippen LogP contribution in [0.4, 0.5) is 13.2 Å². The molecule has 0 spiro atoms. The summed E-state index contributed by atoms with van der Waals surface area (Å²) in [6.07, 6.45) is 2.09. The van der Waals surface area contributed by atoms with Crippen molar-refractivity contribution in [2.45, 2.75) is 37.6 Å². The Bertz CT molecular complexity index is 1630. The van der Waals surface area contributed by atoms with E-state index in [1.807, 2.05) is 91.8 Å². The fraction of sp³-hybridized carbons (Fsp3) is 0.278. The van der Waals surface area contributed by atoms with Crippen molar-refractivity contribution in [3.05, 3.63) is 126 Å². The molecule has 5 rings (SSSR count). The molecule has 3 heterocycles. The highest BCUT2D eigenvalue weighted by Crippen LogP contribution is 2.27. The number of likely N-dealkylation sites (tertiary alicyclic amines) is 1. The molecule has 2 amide bonds. The number of aromatic nitrogens is 2. The highest BCUT2D eigenvalue weighted by Gasteiger charge is 2.36. The highest BCUT2D eigenvalue weighted by atomic mass is 19.4. The molecule has 238 valence electrons. The van der Waals surface area contributed by atoms with Gasteiger partial charge in [0.1, 0.15) is 11.7 Å². The van der Waals surface area contributed by atoms with Gasteiger partial charge in [-0.05, 0) is 61.5 Å². The third-order valence-electron chi connectivity index (χ3n) is 8.18. The van der Waals surface area contributed by atoms with E-state index < -0.39 is 23.8 Å². The molecule has 2 aromatic carbocycles. The van der Waals surface area contributed by atoms with E-state index >= 15 is 0 Å². The van der Waals surface area contributed by atoms with Crippen LogP contribution in [0.3, 0.4) is 0 Å². The average molecular weight is 628 g/mol. The Morgan fingerprint density at radius 2 is 1.67 bits per heavy atom. The van der Waals surface area contributed by atoms with Gasteiger partial charge < -0.3 is 14.7 Å². The van der Waals surface area contributed by atoms with Gasteiger partial charge in [0.25, 0.3) is 0 Å². The van der Waals surface area contributed by atoms with Crippen LogP contribution < -0.4 is 0 Å². The van der Waals surface area contributed by atoms with Crippen molar-refractivity contribution in [2.75, 3.05) is 27.2 Å². The number of benzene rings is 2. The van der Waals surface area contributed by atoms with Crippen molar-refractivity contribution < 1.29 is 22.8 Å². The minimum absolute atomic E-state index is 0.142. The molecule has 10 heteroatoms. The van der Waals surface area contributed by atoms with Gasteiger partial charge in [-0.25, -0.2) is 0 Å². The molecule has 2 atom stereocenters. The lowest BCUT2D eigenvalue weighted by atomic mass is 10.0. The fourth-order valence-electron chi connectivity index (χ4n) is 5.53. The van der Waals surface area contributed by atoms with Gasteiger partial charge in [-0.1, -0.05) is 66.7 Å². The predicted molar refractivity (Wildman–Crippen MR) is 171 cm³/mol. The minimum atomic E-state index is -4.56. The molecule has 0 N–H and O–H groups in total. The Kier molecular flexibility index (Phi) is 10.3. The highest BCUT2D eigenvalue weighted by molar-refractivity contribution is 5.95. The fourth-order valence-corrected chi connectivity index (χ4v) is 5.53. The van der Waals surface area contributed by atoms with E-state index in [9.17, 15) is 22.8 Å². The lowest BCUT2D eigenvalue weighted by Crippen LogP contribution is -2.51. The number of hydrogen-bond donors (Lipinski definition) is 0. The van der Waals surface area contributed by atoms with Crippen LogP contribution in [-0.2, 0) is 28.7 Å². The van der Waals surface area contributed by atoms with Crippen molar-refractivity contribution >= 4 is 17.9 Å². The standard InChI is InChI=1S/C36H36F3N5O2/c1-42(2)30-19-21-43(25-30)35(46)32(22-26-8-4-3-5-9-26)44(24-28-11-15-29(16-12-28)31-10-6-7-20-40-31)34(45)18-14-27-13-17-33(41-23-27)36(37,38)39/h3-18,20,23,30,32H,19,21-22,24-25H2,1-2H3/b18-14+/t30-,32-/m0/s1. The number of halogens is 3. The largest absolute Gasteiger partial charge is 0.433 e. The van der Waals surface area contributed by atoms with Crippen molar-refractivity contribution in [2.24, 2.45) is 0 Å². The maximum Gasteiger partial charge on any atom is 0.433 e. The van der Waals surface area contributed by atoms with Crippen LogP contribution >= 0.6 is 0 Å². The molecule has 7 nitrogen and oxygen atoms in total. The summed E-state index contributed by atoms with van der Waals surface area (Å²) in [6, 6.07) is 24.5. The molecule has 0 bridgehead atoms. The summed E-state index contributed by atoms with van der Waals surface area (Å²) in [5.74, 6) is -0.581. The number of alkyl halides is 3. The first-order valence-electron chi connectivity index (χ1n) is 15.1.